The Labute approximate surface area is 115 Å². The molecule has 1 aromatic carbocycles. The Morgan fingerprint density at radius 2 is 2.16 bits per heavy atom. The molecule has 102 valence electrons. The molecule has 3 rings (SSSR count). The van der Waals surface area contributed by atoms with E-state index >= 15 is 0 Å². The van der Waals surface area contributed by atoms with E-state index in [2.05, 4.69) is 41.9 Å². The molecule has 0 saturated carbocycles. The maximum Gasteiger partial charge on any atom is 0.0459 e. The fraction of sp³-hybridized carbons (Fsp3) is 0.529. The van der Waals surface area contributed by atoms with Crippen molar-refractivity contribution in [1.29, 1.82) is 0 Å². The minimum atomic E-state index is 1.13. The van der Waals surface area contributed by atoms with E-state index in [4.69, 9.17) is 0 Å². The first kappa shape index (κ1) is 12.7. The summed E-state index contributed by atoms with van der Waals surface area (Å²) in [5.41, 5.74) is 5.68. The molecule has 19 heavy (non-hydrogen) atoms. The Kier molecular flexibility index (Phi) is 3.61. The Balaban J connectivity index is 1.82. The van der Waals surface area contributed by atoms with Gasteiger partial charge in [0.1, 0.15) is 0 Å². The fourth-order valence-electron chi connectivity index (χ4n) is 3.16. The van der Waals surface area contributed by atoms with Gasteiger partial charge in [-0.2, -0.15) is 0 Å². The van der Waals surface area contributed by atoms with Crippen molar-refractivity contribution in [3.8, 4) is 0 Å². The van der Waals surface area contributed by atoms with Crippen LogP contribution in [0.5, 0.6) is 0 Å². The maximum atomic E-state index is 3.60. The van der Waals surface area contributed by atoms with Crippen molar-refractivity contribution in [3.05, 3.63) is 35.0 Å². The molecule has 1 aliphatic heterocycles. The molecule has 1 aromatic heterocycles. The molecule has 2 nitrogen and oxygen atoms in total. The first-order valence-electron chi connectivity index (χ1n) is 7.60. The standard InChI is InChI=1S/C17H24N2/c1-3-4-5-9-19-10-8-17-15(12-19)14-11-13(2)6-7-16(14)18-17/h6-7,11,18H,3-5,8-10,12H2,1-2H3. The van der Waals surface area contributed by atoms with Crippen molar-refractivity contribution in [1.82, 2.24) is 9.88 Å². The van der Waals surface area contributed by atoms with Crippen LogP contribution in [0.3, 0.4) is 0 Å². The van der Waals surface area contributed by atoms with Crippen LogP contribution < -0.4 is 0 Å². The van der Waals surface area contributed by atoms with Crippen LogP contribution in [0, 0.1) is 6.92 Å². The van der Waals surface area contributed by atoms with Gasteiger partial charge < -0.3 is 4.98 Å². The summed E-state index contributed by atoms with van der Waals surface area (Å²) in [7, 11) is 0. The summed E-state index contributed by atoms with van der Waals surface area (Å²) in [6.07, 6.45) is 5.18. The molecule has 1 N–H and O–H groups in total. The lowest BCUT2D eigenvalue weighted by Gasteiger charge is -2.27. The minimum Gasteiger partial charge on any atom is -0.358 e. The van der Waals surface area contributed by atoms with E-state index < -0.39 is 0 Å². The highest BCUT2D eigenvalue weighted by atomic mass is 15.1. The molecule has 0 aliphatic carbocycles. The third kappa shape index (κ3) is 2.55. The second-order valence-corrected chi connectivity index (χ2v) is 5.86. The molecule has 2 aromatic rings. The monoisotopic (exact) mass is 256 g/mol. The fourth-order valence-corrected chi connectivity index (χ4v) is 3.16. The van der Waals surface area contributed by atoms with Gasteiger partial charge in [0.15, 0.2) is 0 Å². The van der Waals surface area contributed by atoms with Crippen LogP contribution in [0.4, 0.5) is 0 Å². The molecule has 0 bridgehead atoms. The van der Waals surface area contributed by atoms with E-state index in [0.717, 1.165) is 6.54 Å². The SMILES string of the molecule is CCCCCN1CCc2[nH]c3ccc(C)cc3c2C1. The van der Waals surface area contributed by atoms with Crippen LogP contribution in [0.15, 0.2) is 18.2 Å². The highest BCUT2D eigenvalue weighted by molar-refractivity contribution is 5.85. The number of nitrogens with zero attached hydrogens (tertiary/aromatic N) is 1. The second kappa shape index (κ2) is 5.38. The number of unbranched alkanes of at least 4 members (excludes halogenated alkanes) is 2. The van der Waals surface area contributed by atoms with Gasteiger partial charge in [-0.15, -0.1) is 0 Å². The summed E-state index contributed by atoms with van der Waals surface area (Å²) >= 11 is 0. The van der Waals surface area contributed by atoms with Gasteiger partial charge in [0.05, 0.1) is 0 Å². The first-order chi connectivity index (χ1) is 9.28. The molecule has 0 atom stereocenters. The lowest BCUT2D eigenvalue weighted by molar-refractivity contribution is 0.249. The van der Waals surface area contributed by atoms with E-state index in [1.165, 1.54) is 60.9 Å². The van der Waals surface area contributed by atoms with E-state index in [-0.39, 0.29) is 0 Å². The van der Waals surface area contributed by atoms with Crippen LogP contribution in [-0.4, -0.2) is 23.0 Å². The second-order valence-electron chi connectivity index (χ2n) is 5.86. The van der Waals surface area contributed by atoms with Crippen molar-refractivity contribution >= 4 is 10.9 Å². The maximum absolute atomic E-state index is 3.60. The Morgan fingerprint density at radius 3 is 3.00 bits per heavy atom. The molecule has 0 fully saturated rings. The van der Waals surface area contributed by atoms with Gasteiger partial charge in [0.2, 0.25) is 0 Å². The number of hydrogen-bond acceptors (Lipinski definition) is 1. The Morgan fingerprint density at radius 1 is 1.26 bits per heavy atom. The van der Waals surface area contributed by atoms with E-state index in [1.54, 1.807) is 5.56 Å². The average molecular weight is 256 g/mol. The molecule has 0 unspecified atom stereocenters. The summed E-state index contributed by atoms with van der Waals surface area (Å²) in [6.45, 7) is 8.05. The van der Waals surface area contributed by atoms with E-state index in [0.29, 0.717) is 0 Å². The van der Waals surface area contributed by atoms with Crippen molar-refractivity contribution in [2.24, 2.45) is 0 Å². The van der Waals surface area contributed by atoms with Crippen LogP contribution >= 0.6 is 0 Å². The smallest absolute Gasteiger partial charge is 0.0459 e. The van der Waals surface area contributed by atoms with Gasteiger partial charge in [-0.1, -0.05) is 31.4 Å². The van der Waals surface area contributed by atoms with Crippen molar-refractivity contribution in [2.45, 2.75) is 46.1 Å². The topological polar surface area (TPSA) is 19.0 Å². The summed E-state index contributed by atoms with van der Waals surface area (Å²) < 4.78 is 0. The highest BCUT2D eigenvalue weighted by Crippen LogP contribution is 2.28. The molecular formula is C17H24N2. The normalized spacial score (nSPS) is 15.9. The molecule has 2 heteroatoms. The number of aromatic amines is 1. The van der Waals surface area contributed by atoms with Crippen molar-refractivity contribution < 1.29 is 0 Å². The summed E-state index contributed by atoms with van der Waals surface area (Å²) in [5, 5.41) is 1.44. The quantitative estimate of drug-likeness (QED) is 0.818. The number of aromatic nitrogens is 1. The molecule has 0 amide bonds. The summed E-state index contributed by atoms with van der Waals surface area (Å²) in [4.78, 5) is 6.22. The molecule has 0 radical (unpaired) electrons. The van der Waals surface area contributed by atoms with Gasteiger partial charge in [-0.05, 0) is 37.6 Å². The molecule has 0 spiro atoms. The summed E-state index contributed by atoms with van der Waals surface area (Å²) in [6, 6.07) is 6.76. The number of fused-ring (bicyclic) bond motifs is 3. The minimum absolute atomic E-state index is 1.13. The van der Waals surface area contributed by atoms with E-state index in [9.17, 15) is 0 Å². The van der Waals surface area contributed by atoms with E-state index in [1.807, 2.05) is 0 Å². The first-order valence-corrected chi connectivity index (χ1v) is 7.60. The molecule has 2 heterocycles. The van der Waals surface area contributed by atoms with Crippen LogP contribution in [0.25, 0.3) is 10.9 Å². The molecular weight excluding hydrogens is 232 g/mol. The average Bonchev–Trinajstić information content (AvgIpc) is 2.77. The number of hydrogen-bond donors (Lipinski definition) is 1. The van der Waals surface area contributed by atoms with Crippen LogP contribution in [0.1, 0.15) is 43.0 Å². The lowest BCUT2D eigenvalue weighted by Crippen LogP contribution is -2.31. The van der Waals surface area contributed by atoms with Gasteiger partial charge in [0, 0.05) is 36.1 Å². The van der Waals surface area contributed by atoms with Gasteiger partial charge in [-0.25, -0.2) is 0 Å². The zero-order chi connectivity index (χ0) is 13.2. The summed E-state index contributed by atoms with van der Waals surface area (Å²) in [5.74, 6) is 0. The Bertz CT molecular complexity index is 568. The van der Waals surface area contributed by atoms with Crippen molar-refractivity contribution in [3.63, 3.8) is 0 Å². The predicted octanol–water partition coefficient (Wildman–Crippen LogP) is 4.02. The lowest BCUT2D eigenvalue weighted by atomic mass is 10.0. The number of H-pyrrole nitrogens is 1. The molecule has 1 aliphatic rings. The van der Waals surface area contributed by atoms with Gasteiger partial charge in [0.25, 0.3) is 0 Å². The third-order valence-corrected chi connectivity index (χ3v) is 4.29. The number of rotatable bonds is 4. The van der Waals surface area contributed by atoms with Gasteiger partial charge >= 0.3 is 0 Å². The molecule has 0 saturated heterocycles. The predicted molar refractivity (Wildman–Crippen MR) is 81.5 cm³/mol. The largest absolute Gasteiger partial charge is 0.358 e. The number of aryl methyl sites for hydroxylation is 1. The van der Waals surface area contributed by atoms with Crippen molar-refractivity contribution in [2.75, 3.05) is 13.1 Å². The zero-order valence-corrected chi connectivity index (χ0v) is 12.1. The Hall–Kier alpha value is -1.28. The number of nitrogens with one attached hydrogen (secondary N) is 1. The van der Waals surface area contributed by atoms with Gasteiger partial charge in [-0.3, -0.25) is 4.90 Å². The highest BCUT2D eigenvalue weighted by Gasteiger charge is 2.20. The van der Waals surface area contributed by atoms with Crippen LogP contribution in [0.2, 0.25) is 0 Å². The zero-order valence-electron chi connectivity index (χ0n) is 12.1. The van der Waals surface area contributed by atoms with Crippen LogP contribution in [-0.2, 0) is 13.0 Å². The number of benzene rings is 1. The third-order valence-electron chi connectivity index (χ3n) is 4.29.